The Hall–Kier alpha value is -2.13. The molecule has 0 aliphatic rings. The zero-order valence-corrected chi connectivity index (χ0v) is 11.6. The first kappa shape index (κ1) is 14.3. The third-order valence-electron chi connectivity index (χ3n) is 2.58. The highest BCUT2D eigenvalue weighted by Gasteiger charge is 2.10. The molecule has 0 spiro atoms. The number of anilines is 2. The van der Waals surface area contributed by atoms with Crippen molar-refractivity contribution >= 4 is 21.4 Å². The van der Waals surface area contributed by atoms with Crippen molar-refractivity contribution in [2.24, 2.45) is 5.14 Å². The summed E-state index contributed by atoms with van der Waals surface area (Å²) in [5.41, 5.74) is 6.69. The number of aryl methyl sites for hydroxylation is 1. The number of aromatic nitrogens is 2. The number of nitrogens with zero attached hydrogens (tertiary/aromatic N) is 2. The number of hydrogen-bond acceptors (Lipinski definition) is 7. The van der Waals surface area contributed by atoms with Gasteiger partial charge in [-0.25, -0.2) is 13.6 Å². The number of nitrogens with one attached hydrogen (secondary N) is 1. The van der Waals surface area contributed by atoms with Gasteiger partial charge in [0.25, 0.3) is 0 Å². The van der Waals surface area contributed by atoms with Gasteiger partial charge in [-0.3, -0.25) is 0 Å². The van der Waals surface area contributed by atoms with E-state index in [-0.39, 0.29) is 4.90 Å². The van der Waals surface area contributed by atoms with Crippen LogP contribution >= 0.6 is 0 Å². The molecule has 8 nitrogen and oxygen atoms in total. The summed E-state index contributed by atoms with van der Waals surface area (Å²) >= 11 is 0. The number of nitrogen functional groups attached to an aromatic ring is 1. The molecule has 20 heavy (non-hydrogen) atoms. The minimum Gasteiger partial charge on any atom is -0.397 e. The normalized spacial score (nSPS) is 11.5. The molecule has 0 unspecified atom stereocenters. The van der Waals surface area contributed by atoms with Gasteiger partial charge < -0.3 is 15.6 Å². The van der Waals surface area contributed by atoms with E-state index in [1.165, 1.54) is 18.2 Å². The summed E-state index contributed by atoms with van der Waals surface area (Å²) in [6, 6.07) is 4.24. The molecule has 0 saturated heterocycles. The monoisotopic (exact) mass is 297 g/mol. The summed E-state index contributed by atoms with van der Waals surface area (Å²) in [5, 5.41) is 11.8. The van der Waals surface area contributed by atoms with Crippen LogP contribution in [0.3, 0.4) is 0 Å². The van der Waals surface area contributed by atoms with Crippen molar-refractivity contribution in [2.45, 2.75) is 18.2 Å². The molecule has 2 rings (SSSR count). The maximum atomic E-state index is 11.3. The van der Waals surface area contributed by atoms with Crippen molar-refractivity contribution in [3.05, 3.63) is 29.9 Å². The lowest BCUT2D eigenvalue weighted by molar-refractivity contribution is 0.377. The lowest BCUT2D eigenvalue weighted by Crippen LogP contribution is -2.13. The van der Waals surface area contributed by atoms with Gasteiger partial charge in [0.05, 0.1) is 16.3 Å². The maximum Gasteiger partial charge on any atom is 0.238 e. The predicted molar refractivity (Wildman–Crippen MR) is 73.5 cm³/mol. The summed E-state index contributed by atoms with van der Waals surface area (Å²) in [7, 11) is -3.75. The number of sulfonamides is 1. The van der Waals surface area contributed by atoms with Gasteiger partial charge in [-0.15, -0.1) is 0 Å². The standard InChI is InChI=1S/C11H15N5O3S/c1-7-15-11(19-16-7)4-5-14-10-6-8(20(13,17)18)2-3-9(10)12/h2-3,6,14H,4-5,12H2,1H3,(H2,13,17,18). The molecule has 0 atom stereocenters. The highest BCUT2D eigenvalue weighted by molar-refractivity contribution is 7.89. The molecule has 1 aromatic carbocycles. The molecule has 0 radical (unpaired) electrons. The van der Waals surface area contributed by atoms with E-state index in [0.29, 0.717) is 36.1 Å². The van der Waals surface area contributed by atoms with Crippen LogP contribution < -0.4 is 16.2 Å². The van der Waals surface area contributed by atoms with E-state index in [9.17, 15) is 8.42 Å². The molecule has 2 aromatic rings. The average molecular weight is 297 g/mol. The van der Waals surface area contributed by atoms with E-state index in [2.05, 4.69) is 15.5 Å². The molecular formula is C11H15N5O3S. The van der Waals surface area contributed by atoms with Crippen LogP contribution in [0.15, 0.2) is 27.6 Å². The predicted octanol–water partition coefficient (Wildman–Crippen LogP) is 0.262. The Balaban J connectivity index is 2.05. The van der Waals surface area contributed by atoms with Gasteiger partial charge in [-0.05, 0) is 25.1 Å². The van der Waals surface area contributed by atoms with Crippen LogP contribution in [0.1, 0.15) is 11.7 Å². The fraction of sp³-hybridized carbons (Fsp3) is 0.273. The average Bonchev–Trinajstić information content (AvgIpc) is 2.76. The number of benzene rings is 1. The lowest BCUT2D eigenvalue weighted by atomic mass is 10.2. The Kier molecular flexibility index (Phi) is 3.91. The zero-order chi connectivity index (χ0) is 14.8. The summed E-state index contributed by atoms with van der Waals surface area (Å²) < 4.78 is 27.5. The maximum absolute atomic E-state index is 11.3. The SMILES string of the molecule is Cc1noc(CCNc2cc(S(N)(=O)=O)ccc2N)n1. The molecule has 9 heteroatoms. The zero-order valence-electron chi connectivity index (χ0n) is 10.8. The molecule has 108 valence electrons. The van der Waals surface area contributed by atoms with E-state index in [0.717, 1.165) is 0 Å². The summed E-state index contributed by atoms with van der Waals surface area (Å²) in [6.45, 7) is 2.20. The summed E-state index contributed by atoms with van der Waals surface area (Å²) in [6.07, 6.45) is 0.500. The molecule has 0 saturated carbocycles. The first-order chi connectivity index (χ1) is 9.36. The van der Waals surface area contributed by atoms with Crippen LogP contribution in [0.25, 0.3) is 0 Å². The van der Waals surface area contributed by atoms with Gasteiger partial charge in [-0.1, -0.05) is 5.16 Å². The smallest absolute Gasteiger partial charge is 0.238 e. The van der Waals surface area contributed by atoms with Crippen LogP contribution in [-0.2, 0) is 16.4 Å². The van der Waals surface area contributed by atoms with Crippen LogP contribution in [0, 0.1) is 6.92 Å². The van der Waals surface area contributed by atoms with Crippen LogP contribution in [0.4, 0.5) is 11.4 Å². The molecule has 0 fully saturated rings. The Morgan fingerprint density at radius 1 is 1.40 bits per heavy atom. The van der Waals surface area contributed by atoms with Crippen molar-refractivity contribution in [3.8, 4) is 0 Å². The molecule has 5 N–H and O–H groups in total. The van der Waals surface area contributed by atoms with E-state index >= 15 is 0 Å². The molecule has 0 bridgehead atoms. The number of primary sulfonamides is 1. The van der Waals surface area contributed by atoms with Crippen molar-refractivity contribution in [1.29, 1.82) is 0 Å². The van der Waals surface area contributed by atoms with E-state index in [1.54, 1.807) is 6.92 Å². The van der Waals surface area contributed by atoms with Crippen LogP contribution in [0.2, 0.25) is 0 Å². The molecule has 1 aromatic heterocycles. The third kappa shape index (κ3) is 3.45. The van der Waals surface area contributed by atoms with Gasteiger partial charge in [0.15, 0.2) is 5.82 Å². The van der Waals surface area contributed by atoms with Gasteiger partial charge in [0, 0.05) is 13.0 Å². The second-order valence-electron chi connectivity index (χ2n) is 4.21. The Morgan fingerprint density at radius 3 is 2.75 bits per heavy atom. The number of hydrogen-bond donors (Lipinski definition) is 3. The molecule has 1 heterocycles. The fourth-order valence-corrected chi connectivity index (χ4v) is 2.15. The van der Waals surface area contributed by atoms with Gasteiger partial charge >= 0.3 is 0 Å². The minimum atomic E-state index is -3.75. The fourth-order valence-electron chi connectivity index (χ4n) is 1.61. The van der Waals surface area contributed by atoms with Crippen LogP contribution in [0.5, 0.6) is 0 Å². The third-order valence-corrected chi connectivity index (χ3v) is 3.49. The summed E-state index contributed by atoms with van der Waals surface area (Å²) in [4.78, 5) is 4.06. The van der Waals surface area contributed by atoms with E-state index in [4.69, 9.17) is 15.4 Å². The quantitative estimate of drug-likeness (QED) is 0.673. The van der Waals surface area contributed by atoms with Crippen LogP contribution in [-0.4, -0.2) is 25.1 Å². The van der Waals surface area contributed by atoms with Crippen molar-refractivity contribution in [2.75, 3.05) is 17.6 Å². The molecule has 0 aliphatic heterocycles. The lowest BCUT2D eigenvalue weighted by Gasteiger charge is -2.09. The summed E-state index contributed by atoms with van der Waals surface area (Å²) in [5.74, 6) is 1.06. The van der Waals surface area contributed by atoms with E-state index in [1.807, 2.05) is 0 Å². The molecule has 0 aliphatic carbocycles. The Bertz CT molecular complexity index is 711. The van der Waals surface area contributed by atoms with Gasteiger partial charge in [-0.2, -0.15) is 4.98 Å². The van der Waals surface area contributed by atoms with Crippen molar-refractivity contribution in [1.82, 2.24) is 10.1 Å². The second kappa shape index (κ2) is 5.47. The van der Waals surface area contributed by atoms with Crippen molar-refractivity contribution in [3.63, 3.8) is 0 Å². The highest BCUT2D eigenvalue weighted by atomic mass is 32.2. The second-order valence-corrected chi connectivity index (χ2v) is 5.77. The van der Waals surface area contributed by atoms with Crippen molar-refractivity contribution < 1.29 is 12.9 Å². The van der Waals surface area contributed by atoms with E-state index < -0.39 is 10.0 Å². The van der Waals surface area contributed by atoms with Gasteiger partial charge in [0.2, 0.25) is 15.9 Å². The Morgan fingerprint density at radius 2 is 2.15 bits per heavy atom. The minimum absolute atomic E-state index is 0.00262. The first-order valence-corrected chi connectivity index (χ1v) is 7.36. The van der Waals surface area contributed by atoms with Gasteiger partial charge in [0.1, 0.15) is 0 Å². The largest absolute Gasteiger partial charge is 0.397 e. The topological polar surface area (TPSA) is 137 Å². The molecule has 0 amide bonds. The highest BCUT2D eigenvalue weighted by Crippen LogP contribution is 2.22. The number of rotatable bonds is 5. The first-order valence-electron chi connectivity index (χ1n) is 5.81. The Labute approximate surface area is 116 Å². The number of nitrogens with two attached hydrogens (primary N) is 2. The molecular weight excluding hydrogens is 282 g/mol.